The van der Waals surface area contributed by atoms with Crippen molar-refractivity contribution in [1.29, 1.82) is 0 Å². The molecule has 2 aromatic rings. The molecule has 132 valence electrons. The number of likely N-dealkylation sites (tertiary alicyclic amines) is 1. The van der Waals surface area contributed by atoms with Crippen LogP contribution in [0.1, 0.15) is 29.1 Å². The van der Waals surface area contributed by atoms with Crippen molar-refractivity contribution >= 4 is 11.8 Å². The van der Waals surface area contributed by atoms with Crippen LogP contribution in [0.15, 0.2) is 28.8 Å². The molecule has 10 heteroatoms. The summed E-state index contributed by atoms with van der Waals surface area (Å²) < 4.78 is 41.8. The first kappa shape index (κ1) is 16.9. The molecule has 0 unspecified atom stereocenters. The van der Waals surface area contributed by atoms with Crippen molar-refractivity contribution in [3.8, 4) is 11.4 Å². The van der Waals surface area contributed by atoms with Crippen LogP contribution in [0.25, 0.3) is 11.4 Å². The molecule has 25 heavy (non-hydrogen) atoms. The third kappa shape index (κ3) is 3.32. The maximum atomic E-state index is 12.6. The van der Waals surface area contributed by atoms with Crippen molar-refractivity contribution < 1.29 is 27.3 Å². The predicted octanol–water partition coefficient (Wildman–Crippen LogP) is 1.85. The van der Waals surface area contributed by atoms with E-state index in [-0.39, 0.29) is 17.0 Å². The average molecular weight is 354 g/mol. The first-order valence-electron chi connectivity index (χ1n) is 7.39. The van der Waals surface area contributed by atoms with E-state index in [1.165, 1.54) is 29.2 Å². The highest BCUT2D eigenvalue weighted by atomic mass is 19.4. The van der Waals surface area contributed by atoms with Gasteiger partial charge in [0.1, 0.15) is 6.04 Å². The number of amides is 2. The molecule has 1 aliphatic rings. The fraction of sp³-hybridized carbons (Fsp3) is 0.333. The molecule has 0 aliphatic carbocycles. The predicted molar refractivity (Wildman–Crippen MR) is 78.0 cm³/mol. The number of rotatable bonds is 3. The van der Waals surface area contributed by atoms with Gasteiger partial charge in [0, 0.05) is 17.7 Å². The lowest BCUT2D eigenvalue weighted by atomic mass is 10.1. The van der Waals surface area contributed by atoms with Crippen LogP contribution in [0.4, 0.5) is 13.2 Å². The summed E-state index contributed by atoms with van der Waals surface area (Å²) >= 11 is 0. The van der Waals surface area contributed by atoms with Crippen LogP contribution in [-0.4, -0.2) is 39.4 Å². The zero-order valence-corrected chi connectivity index (χ0v) is 12.8. The third-order valence-corrected chi connectivity index (χ3v) is 3.88. The fourth-order valence-corrected chi connectivity index (χ4v) is 2.72. The molecule has 0 radical (unpaired) electrons. The SMILES string of the molecule is NC(=O)[C@@H]1CCCN1C(=O)c1cccc(-c2noc(C(F)(F)F)n2)c1. The van der Waals surface area contributed by atoms with Crippen molar-refractivity contribution in [3.63, 3.8) is 0 Å². The number of aromatic nitrogens is 2. The van der Waals surface area contributed by atoms with Crippen LogP contribution in [0, 0.1) is 0 Å². The zero-order valence-electron chi connectivity index (χ0n) is 12.8. The van der Waals surface area contributed by atoms with Crippen molar-refractivity contribution in [3.05, 3.63) is 35.7 Å². The van der Waals surface area contributed by atoms with E-state index in [0.717, 1.165) is 0 Å². The normalized spacial score (nSPS) is 17.7. The third-order valence-electron chi connectivity index (χ3n) is 3.88. The summed E-state index contributed by atoms with van der Waals surface area (Å²) in [6.45, 7) is 0.386. The molecule has 7 nitrogen and oxygen atoms in total. The van der Waals surface area contributed by atoms with Gasteiger partial charge in [-0.3, -0.25) is 9.59 Å². The topological polar surface area (TPSA) is 102 Å². The number of primary amides is 1. The quantitative estimate of drug-likeness (QED) is 0.906. The molecule has 0 bridgehead atoms. The molecule has 1 aromatic heterocycles. The van der Waals surface area contributed by atoms with Crippen molar-refractivity contribution in [2.24, 2.45) is 5.73 Å². The monoisotopic (exact) mass is 354 g/mol. The first-order chi connectivity index (χ1) is 11.8. The Morgan fingerprint density at radius 2 is 2.08 bits per heavy atom. The van der Waals surface area contributed by atoms with Gasteiger partial charge < -0.3 is 15.2 Å². The second-order valence-corrected chi connectivity index (χ2v) is 5.56. The molecule has 2 N–H and O–H groups in total. The lowest BCUT2D eigenvalue weighted by Gasteiger charge is -2.22. The lowest BCUT2D eigenvalue weighted by molar-refractivity contribution is -0.159. The van der Waals surface area contributed by atoms with Crippen molar-refractivity contribution in [2.45, 2.75) is 25.1 Å². The van der Waals surface area contributed by atoms with E-state index in [1.807, 2.05) is 0 Å². The second kappa shape index (κ2) is 6.19. The Kier molecular flexibility index (Phi) is 4.19. The summed E-state index contributed by atoms with van der Waals surface area (Å²) in [5.74, 6) is -2.76. The molecule has 0 saturated carbocycles. The molecule has 3 rings (SSSR count). The standard InChI is InChI=1S/C15H13F3N4O3/c16-15(17,18)14-20-12(21-25-14)8-3-1-4-9(7-8)13(24)22-6-2-5-10(22)11(19)23/h1,3-4,7,10H,2,5-6H2,(H2,19,23)/t10-/m0/s1. The van der Waals surface area contributed by atoms with Gasteiger partial charge in [-0.2, -0.15) is 18.2 Å². The van der Waals surface area contributed by atoms with Gasteiger partial charge in [0.15, 0.2) is 0 Å². The minimum absolute atomic E-state index is 0.194. The number of carbonyl (C=O) groups excluding carboxylic acids is 2. The maximum Gasteiger partial charge on any atom is 0.471 e. The molecule has 1 aromatic carbocycles. The number of halogens is 3. The van der Waals surface area contributed by atoms with Crippen LogP contribution >= 0.6 is 0 Å². The summed E-state index contributed by atoms with van der Waals surface area (Å²) in [7, 11) is 0. The Hall–Kier alpha value is -2.91. The number of hydrogen-bond donors (Lipinski definition) is 1. The Balaban J connectivity index is 1.88. The van der Waals surface area contributed by atoms with Gasteiger partial charge in [0.05, 0.1) is 0 Å². The van der Waals surface area contributed by atoms with Gasteiger partial charge in [-0.1, -0.05) is 17.3 Å². The van der Waals surface area contributed by atoms with Gasteiger partial charge in [0.25, 0.3) is 5.91 Å². The molecule has 1 saturated heterocycles. The number of nitrogens with zero attached hydrogens (tertiary/aromatic N) is 3. The summed E-state index contributed by atoms with van der Waals surface area (Å²) in [5.41, 5.74) is 5.69. The summed E-state index contributed by atoms with van der Waals surface area (Å²) in [5, 5.41) is 3.29. The minimum atomic E-state index is -4.75. The van der Waals surface area contributed by atoms with E-state index in [2.05, 4.69) is 14.7 Å². The second-order valence-electron chi connectivity index (χ2n) is 5.56. The van der Waals surface area contributed by atoms with E-state index in [9.17, 15) is 22.8 Å². The molecule has 1 aliphatic heterocycles. The van der Waals surface area contributed by atoms with Crippen LogP contribution < -0.4 is 5.73 Å². The van der Waals surface area contributed by atoms with Gasteiger partial charge in [-0.15, -0.1) is 0 Å². The lowest BCUT2D eigenvalue weighted by Crippen LogP contribution is -2.43. The van der Waals surface area contributed by atoms with Crippen LogP contribution in [0.2, 0.25) is 0 Å². The van der Waals surface area contributed by atoms with Crippen LogP contribution in [0.5, 0.6) is 0 Å². The van der Waals surface area contributed by atoms with E-state index in [1.54, 1.807) is 0 Å². The molecule has 1 fully saturated rings. The summed E-state index contributed by atoms with van der Waals surface area (Å²) in [6, 6.07) is 5.10. The van der Waals surface area contributed by atoms with Gasteiger partial charge in [-0.25, -0.2) is 0 Å². The first-order valence-corrected chi connectivity index (χ1v) is 7.39. The summed E-state index contributed by atoms with van der Waals surface area (Å²) in [6.07, 6.45) is -3.61. The molecule has 1 atom stereocenters. The molecular weight excluding hydrogens is 341 g/mol. The Morgan fingerprint density at radius 1 is 1.32 bits per heavy atom. The van der Waals surface area contributed by atoms with Gasteiger partial charge in [0.2, 0.25) is 11.7 Å². The van der Waals surface area contributed by atoms with E-state index in [4.69, 9.17) is 5.73 Å². The van der Waals surface area contributed by atoms with E-state index < -0.39 is 29.9 Å². The van der Waals surface area contributed by atoms with Crippen LogP contribution in [0.3, 0.4) is 0 Å². The number of nitrogens with two attached hydrogens (primary N) is 1. The largest absolute Gasteiger partial charge is 0.471 e. The minimum Gasteiger partial charge on any atom is -0.368 e. The number of alkyl halides is 3. The highest BCUT2D eigenvalue weighted by Gasteiger charge is 2.38. The Bertz CT molecular complexity index is 818. The van der Waals surface area contributed by atoms with Gasteiger partial charge in [-0.05, 0) is 25.0 Å². The highest BCUT2D eigenvalue weighted by Crippen LogP contribution is 2.29. The Morgan fingerprint density at radius 3 is 2.72 bits per heavy atom. The van der Waals surface area contributed by atoms with Crippen LogP contribution in [-0.2, 0) is 11.0 Å². The maximum absolute atomic E-state index is 12.6. The van der Waals surface area contributed by atoms with E-state index in [0.29, 0.717) is 19.4 Å². The number of benzene rings is 1. The van der Waals surface area contributed by atoms with Crippen molar-refractivity contribution in [2.75, 3.05) is 6.54 Å². The average Bonchev–Trinajstić information content (AvgIpc) is 3.23. The molecule has 0 spiro atoms. The summed E-state index contributed by atoms with van der Waals surface area (Å²) in [4.78, 5) is 28.7. The highest BCUT2D eigenvalue weighted by molar-refractivity contribution is 5.98. The molecule has 2 heterocycles. The Labute approximate surface area is 139 Å². The fourth-order valence-electron chi connectivity index (χ4n) is 2.72. The zero-order chi connectivity index (χ0) is 18.2. The number of carbonyl (C=O) groups is 2. The molecular formula is C15H13F3N4O3. The van der Waals surface area contributed by atoms with Crippen molar-refractivity contribution in [1.82, 2.24) is 15.0 Å². The smallest absolute Gasteiger partial charge is 0.368 e. The van der Waals surface area contributed by atoms with E-state index >= 15 is 0 Å². The molecule has 2 amide bonds. The number of hydrogen-bond acceptors (Lipinski definition) is 5. The van der Waals surface area contributed by atoms with Gasteiger partial charge >= 0.3 is 12.1 Å².